The first-order valence-corrected chi connectivity index (χ1v) is 7.06. The van der Waals surface area contributed by atoms with Crippen LogP contribution in [0.25, 0.3) is 0 Å². The van der Waals surface area contributed by atoms with Gasteiger partial charge in [0, 0.05) is 24.2 Å². The molecule has 7 heteroatoms. The van der Waals surface area contributed by atoms with Crippen LogP contribution in [0.15, 0.2) is 41.2 Å². The van der Waals surface area contributed by atoms with E-state index in [0.717, 1.165) is 5.56 Å². The van der Waals surface area contributed by atoms with E-state index in [1.807, 2.05) is 0 Å². The molecule has 1 heterocycles. The first-order chi connectivity index (χ1) is 11.1. The van der Waals surface area contributed by atoms with Crippen LogP contribution in [0.1, 0.15) is 17.2 Å². The van der Waals surface area contributed by atoms with Gasteiger partial charge < -0.3 is 29.6 Å². The molecule has 124 valence electrons. The molecule has 0 aliphatic carbocycles. The van der Waals surface area contributed by atoms with Gasteiger partial charge in [0.25, 0.3) is 0 Å². The lowest BCUT2D eigenvalue weighted by Gasteiger charge is -2.16. The van der Waals surface area contributed by atoms with Crippen molar-refractivity contribution in [1.82, 2.24) is 10.6 Å². The Balaban J connectivity index is 1.88. The maximum Gasteiger partial charge on any atom is 0.315 e. The maximum absolute atomic E-state index is 11.7. The molecule has 3 N–H and O–H groups in total. The van der Waals surface area contributed by atoms with Gasteiger partial charge in [-0.15, -0.1) is 0 Å². The summed E-state index contributed by atoms with van der Waals surface area (Å²) >= 11 is 0. The van der Waals surface area contributed by atoms with Crippen LogP contribution in [0.5, 0.6) is 11.5 Å². The number of nitrogens with one attached hydrogen (secondary N) is 2. The van der Waals surface area contributed by atoms with Gasteiger partial charge >= 0.3 is 6.03 Å². The third-order valence-corrected chi connectivity index (χ3v) is 3.29. The summed E-state index contributed by atoms with van der Waals surface area (Å²) in [6.45, 7) is 0.391. The molecule has 0 aliphatic rings. The summed E-state index contributed by atoms with van der Waals surface area (Å²) in [5.74, 6) is 1.13. The van der Waals surface area contributed by atoms with Crippen molar-refractivity contribution in [2.24, 2.45) is 0 Å². The summed E-state index contributed by atoms with van der Waals surface area (Å²) in [6.07, 6.45) is 2.17. The Morgan fingerprint density at radius 1 is 1.26 bits per heavy atom. The van der Waals surface area contributed by atoms with E-state index in [0.29, 0.717) is 23.6 Å². The Kier molecular flexibility index (Phi) is 5.87. The molecular formula is C16H20N2O5. The van der Waals surface area contributed by atoms with Crippen LogP contribution >= 0.6 is 0 Å². The van der Waals surface area contributed by atoms with Crippen molar-refractivity contribution in [3.8, 4) is 11.5 Å². The molecule has 1 aromatic heterocycles. The molecule has 0 saturated carbocycles. The summed E-state index contributed by atoms with van der Waals surface area (Å²) < 4.78 is 15.3. The van der Waals surface area contributed by atoms with Crippen molar-refractivity contribution in [1.29, 1.82) is 0 Å². The van der Waals surface area contributed by atoms with Gasteiger partial charge in [-0.3, -0.25) is 0 Å². The van der Waals surface area contributed by atoms with E-state index >= 15 is 0 Å². The molecule has 2 aromatic rings. The molecule has 0 saturated heterocycles. The van der Waals surface area contributed by atoms with Crippen molar-refractivity contribution < 1.29 is 23.8 Å². The fraction of sp³-hybridized carbons (Fsp3) is 0.312. The number of amides is 2. The molecule has 0 radical (unpaired) electrons. The molecule has 0 aliphatic heterocycles. The minimum absolute atomic E-state index is 0.0424. The topological polar surface area (TPSA) is 93.0 Å². The normalized spacial score (nSPS) is 11.6. The Bertz CT molecular complexity index is 627. The first-order valence-electron chi connectivity index (χ1n) is 7.06. The number of furan rings is 1. The fourth-order valence-electron chi connectivity index (χ4n) is 2.04. The van der Waals surface area contributed by atoms with Crippen LogP contribution < -0.4 is 20.1 Å². The lowest BCUT2D eigenvalue weighted by Crippen LogP contribution is -2.37. The minimum atomic E-state index is -0.917. The number of aliphatic hydroxyl groups is 1. The highest BCUT2D eigenvalue weighted by molar-refractivity contribution is 5.73. The highest BCUT2D eigenvalue weighted by Gasteiger charge is 2.15. The first kappa shape index (κ1) is 16.7. The SMILES string of the molecule is COc1ccc(OC)c(C(O)CNC(=O)NCc2ccoc2)c1. The highest BCUT2D eigenvalue weighted by atomic mass is 16.5. The van der Waals surface area contributed by atoms with Crippen molar-refractivity contribution in [2.45, 2.75) is 12.6 Å². The number of carbonyl (C=O) groups excluding carboxylic acids is 1. The second-order valence-corrected chi connectivity index (χ2v) is 4.82. The molecule has 1 unspecified atom stereocenters. The predicted octanol–water partition coefficient (Wildman–Crippen LogP) is 1.83. The number of hydrogen-bond acceptors (Lipinski definition) is 5. The van der Waals surface area contributed by atoms with Crippen molar-refractivity contribution in [3.05, 3.63) is 47.9 Å². The average Bonchev–Trinajstić information content (AvgIpc) is 3.10. The highest BCUT2D eigenvalue weighted by Crippen LogP contribution is 2.28. The number of urea groups is 1. The van der Waals surface area contributed by atoms with E-state index in [2.05, 4.69) is 10.6 Å². The van der Waals surface area contributed by atoms with Crippen LogP contribution in [-0.2, 0) is 6.54 Å². The second kappa shape index (κ2) is 8.09. The number of rotatable bonds is 7. The summed E-state index contributed by atoms with van der Waals surface area (Å²) in [4.78, 5) is 11.7. The second-order valence-electron chi connectivity index (χ2n) is 4.82. The minimum Gasteiger partial charge on any atom is -0.497 e. The number of hydrogen-bond donors (Lipinski definition) is 3. The van der Waals surface area contributed by atoms with E-state index < -0.39 is 6.10 Å². The number of carbonyl (C=O) groups is 1. The number of methoxy groups -OCH3 is 2. The Morgan fingerprint density at radius 3 is 2.74 bits per heavy atom. The van der Waals surface area contributed by atoms with Crippen molar-refractivity contribution in [3.63, 3.8) is 0 Å². The number of ether oxygens (including phenoxy) is 2. The van der Waals surface area contributed by atoms with Gasteiger partial charge in [-0.25, -0.2) is 4.79 Å². The van der Waals surface area contributed by atoms with Gasteiger partial charge in [-0.2, -0.15) is 0 Å². The summed E-state index contributed by atoms with van der Waals surface area (Å²) in [5, 5.41) is 15.5. The third-order valence-electron chi connectivity index (χ3n) is 3.29. The van der Waals surface area contributed by atoms with E-state index in [1.54, 1.807) is 37.6 Å². The molecule has 2 amide bonds. The molecular weight excluding hydrogens is 300 g/mol. The van der Waals surface area contributed by atoms with E-state index in [1.165, 1.54) is 13.4 Å². The standard InChI is InChI=1S/C16H20N2O5/c1-21-12-3-4-15(22-2)13(7-12)14(19)9-18-16(20)17-8-11-5-6-23-10-11/h3-7,10,14,19H,8-9H2,1-2H3,(H2,17,18,20). The van der Waals surface area contributed by atoms with Crippen LogP contribution in [0.4, 0.5) is 4.79 Å². The Hall–Kier alpha value is -2.67. The zero-order valence-corrected chi connectivity index (χ0v) is 13.0. The van der Waals surface area contributed by atoms with E-state index in [-0.39, 0.29) is 12.6 Å². The van der Waals surface area contributed by atoms with Gasteiger partial charge in [0.05, 0.1) is 26.7 Å². The van der Waals surface area contributed by atoms with Crippen molar-refractivity contribution >= 4 is 6.03 Å². The molecule has 2 rings (SSSR count). The van der Waals surface area contributed by atoms with E-state index in [9.17, 15) is 9.90 Å². The van der Waals surface area contributed by atoms with Gasteiger partial charge in [-0.1, -0.05) is 0 Å². The Morgan fingerprint density at radius 2 is 2.09 bits per heavy atom. The van der Waals surface area contributed by atoms with Gasteiger partial charge in [0.15, 0.2) is 0 Å². The lowest BCUT2D eigenvalue weighted by atomic mass is 10.1. The number of aliphatic hydroxyl groups excluding tert-OH is 1. The van der Waals surface area contributed by atoms with E-state index in [4.69, 9.17) is 13.9 Å². The molecule has 1 atom stereocenters. The van der Waals surface area contributed by atoms with Crippen LogP contribution in [0.2, 0.25) is 0 Å². The monoisotopic (exact) mass is 320 g/mol. The quantitative estimate of drug-likeness (QED) is 0.724. The summed E-state index contributed by atoms with van der Waals surface area (Å²) in [7, 11) is 3.06. The summed E-state index contributed by atoms with van der Waals surface area (Å²) in [6, 6.07) is 6.49. The largest absolute Gasteiger partial charge is 0.497 e. The summed E-state index contributed by atoms with van der Waals surface area (Å²) in [5.41, 5.74) is 1.40. The molecule has 0 bridgehead atoms. The lowest BCUT2D eigenvalue weighted by molar-refractivity contribution is 0.169. The molecule has 23 heavy (non-hydrogen) atoms. The average molecular weight is 320 g/mol. The predicted molar refractivity (Wildman–Crippen MR) is 83.5 cm³/mol. The Labute approximate surface area is 134 Å². The smallest absolute Gasteiger partial charge is 0.315 e. The molecule has 0 fully saturated rings. The zero-order valence-electron chi connectivity index (χ0n) is 13.0. The van der Waals surface area contributed by atoms with Gasteiger partial charge in [-0.05, 0) is 24.3 Å². The third kappa shape index (κ3) is 4.65. The van der Waals surface area contributed by atoms with Gasteiger partial charge in [0.2, 0.25) is 0 Å². The maximum atomic E-state index is 11.7. The fourth-order valence-corrected chi connectivity index (χ4v) is 2.04. The van der Waals surface area contributed by atoms with Crippen LogP contribution in [-0.4, -0.2) is 31.9 Å². The molecule has 7 nitrogen and oxygen atoms in total. The zero-order chi connectivity index (χ0) is 16.7. The number of benzene rings is 1. The van der Waals surface area contributed by atoms with Crippen LogP contribution in [0.3, 0.4) is 0 Å². The molecule has 0 spiro atoms. The van der Waals surface area contributed by atoms with Gasteiger partial charge in [0.1, 0.15) is 17.6 Å². The van der Waals surface area contributed by atoms with Crippen molar-refractivity contribution in [2.75, 3.05) is 20.8 Å². The molecule has 1 aromatic carbocycles. The van der Waals surface area contributed by atoms with Crippen LogP contribution in [0, 0.1) is 0 Å².